The summed E-state index contributed by atoms with van der Waals surface area (Å²) in [6.07, 6.45) is 4.20. The number of fused-ring (bicyclic) bond motifs is 2. The molecule has 0 aromatic heterocycles. The Bertz CT molecular complexity index is 1290. The second kappa shape index (κ2) is 16.1. The van der Waals surface area contributed by atoms with Crippen molar-refractivity contribution in [3.8, 4) is 0 Å². The van der Waals surface area contributed by atoms with Gasteiger partial charge in [0.05, 0.1) is 0 Å². The number of nitrogens with two attached hydrogens (primary N) is 2. The number of rotatable bonds is 15. The molecule has 4 aromatic carbocycles. The molecule has 0 fully saturated rings. The summed E-state index contributed by atoms with van der Waals surface area (Å²) < 4.78 is 0. The van der Waals surface area contributed by atoms with Gasteiger partial charge in [-0.15, -0.1) is 0 Å². The lowest BCUT2D eigenvalue weighted by atomic mass is 10.1. The Morgan fingerprint density at radius 3 is 1.35 bits per heavy atom. The van der Waals surface area contributed by atoms with E-state index in [2.05, 4.69) is 79.8 Å². The van der Waals surface area contributed by atoms with Gasteiger partial charge in [0.2, 0.25) is 0 Å². The van der Waals surface area contributed by atoms with Gasteiger partial charge in [-0.2, -0.15) is 0 Å². The number of guanidine groups is 2. The van der Waals surface area contributed by atoms with E-state index >= 15 is 0 Å². The van der Waals surface area contributed by atoms with Crippen molar-refractivity contribution in [2.24, 2.45) is 21.5 Å². The van der Waals surface area contributed by atoms with Crippen LogP contribution in [0.4, 0.5) is 11.4 Å². The Balaban J connectivity index is 0.962. The highest BCUT2D eigenvalue weighted by Crippen LogP contribution is 2.19. The molecule has 4 rings (SSSR count). The minimum Gasteiger partial charge on any atom is -0.370 e. The third kappa shape index (κ3) is 9.87. The van der Waals surface area contributed by atoms with Crippen LogP contribution in [0.25, 0.3) is 21.5 Å². The van der Waals surface area contributed by atoms with Crippen molar-refractivity contribution in [2.45, 2.75) is 25.7 Å². The van der Waals surface area contributed by atoms with E-state index < -0.39 is 0 Å². The van der Waals surface area contributed by atoms with E-state index in [9.17, 15) is 0 Å². The van der Waals surface area contributed by atoms with Gasteiger partial charge in [-0.05, 0) is 97.7 Å². The van der Waals surface area contributed by atoms with E-state index in [0.29, 0.717) is 25.0 Å². The van der Waals surface area contributed by atoms with Crippen molar-refractivity contribution in [1.82, 2.24) is 10.6 Å². The van der Waals surface area contributed by atoms with Crippen LogP contribution in [-0.4, -0.2) is 51.2 Å². The lowest BCUT2D eigenvalue weighted by Gasteiger charge is -2.08. The van der Waals surface area contributed by atoms with Crippen LogP contribution < -0.4 is 32.7 Å². The van der Waals surface area contributed by atoms with Gasteiger partial charge in [-0.1, -0.05) is 60.7 Å². The second-order valence-electron chi connectivity index (χ2n) is 9.82. The van der Waals surface area contributed by atoms with Crippen molar-refractivity contribution < 1.29 is 0 Å². The van der Waals surface area contributed by atoms with Crippen molar-refractivity contribution >= 4 is 44.8 Å². The first-order valence-corrected chi connectivity index (χ1v) is 14.2. The zero-order chi connectivity index (χ0) is 27.8. The molecule has 0 saturated carbocycles. The standard InChI is InChI=1S/C32H42N8/c33-31(39-29-15-13-25-9-1-3-11-27(25)23-29)37-21-7-19-35-17-5-6-18-36-20-8-22-38-32(34)40-30-16-14-26-10-2-4-12-28(26)24-30/h1-4,9-16,23-24,35-36H,5-8,17-22H2,(H3,33,37,39)(H3,34,38,40). The molecular weight excluding hydrogens is 496 g/mol. The van der Waals surface area contributed by atoms with E-state index in [1.165, 1.54) is 21.5 Å². The number of hydrogen-bond acceptors (Lipinski definition) is 4. The zero-order valence-electron chi connectivity index (χ0n) is 23.2. The maximum atomic E-state index is 6.05. The SMILES string of the molecule is NC(=NCCCNCCCCNCCCN=C(N)Nc1ccc2ccccc2c1)Nc1ccc2ccccc2c1. The van der Waals surface area contributed by atoms with Gasteiger partial charge in [0.15, 0.2) is 11.9 Å². The van der Waals surface area contributed by atoms with E-state index in [1.807, 2.05) is 36.4 Å². The maximum absolute atomic E-state index is 6.05. The first-order valence-electron chi connectivity index (χ1n) is 14.2. The van der Waals surface area contributed by atoms with Gasteiger partial charge in [0.1, 0.15) is 0 Å². The minimum atomic E-state index is 0.455. The van der Waals surface area contributed by atoms with Crippen LogP contribution in [0.15, 0.2) is 94.9 Å². The molecule has 0 heterocycles. The first-order chi connectivity index (χ1) is 19.7. The Labute approximate surface area is 237 Å². The molecule has 0 spiro atoms. The summed E-state index contributed by atoms with van der Waals surface area (Å²) in [6, 6.07) is 28.9. The van der Waals surface area contributed by atoms with Crippen LogP contribution in [0.1, 0.15) is 25.7 Å². The van der Waals surface area contributed by atoms with Gasteiger partial charge in [0, 0.05) is 24.5 Å². The molecule has 0 unspecified atom stereocenters. The fourth-order valence-electron chi connectivity index (χ4n) is 4.47. The van der Waals surface area contributed by atoms with Gasteiger partial charge in [0.25, 0.3) is 0 Å². The fourth-order valence-corrected chi connectivity index (χ4v) is 4.47. The molecule has 0 saturated heterocycles. The normalized spacial score (nSPS) is 12.2. The monoisotopic (exact) mass is 538 g/mol. The molecule has 8 heteroatoms. The summed E-state index contributed by atoms with van der Waals surface area (Å²) in [5.41, 5.74) is 14.0. The molecular formula is C32H42N8. The molecule has 0 aliphatic carbocycles. The van der Waals surface area contributed by atoms with Crippen LogP contribution in [-0.2, 0) is 0 Å². The largest absolute Gasteiger partial charge is 0.370 e. The molecule has 4 aromatic rings. The van der Waals surface area contributed by atoms with Gasteiger partial charge < -0.3 is 32.7 Å². The highest BCUT2D eigenvalue weighted by Gasteiger charge is 1.99. The number of aliphatic imine (C=N–C) groups is 2. The Kier molecular flexibility index (Phi) is 11.6. The molecule has 210 valence electrons. The number of hydrogen-bond donors (Lipinski definition) is 6. The highest BCUT2D eigenvalue weighted by molar-refractivity contribution is 5.96. The van der Waals surface area contributed by atoms with E-state index in [4.69, 9.17) is 11.5 Å². The third-order valence-electron chi connectivity index (χ3n) is 6.59. The van der Waals surface area contributed by atoms with Crippen LogP contribution >= 0.6 is 0 Å². The van der Waals surface area contributed by atoms with E-state index in [-0.39, 0.29) is 0 Å². The van der Waals surface area contributed by atoms with Crippen LogP contribution in [0.3, 0.4) is 0 Å². The van der Waals surface area contributed by atoms with Crippen LogP contribution in [0.2, 0.25) is 0 Å². The van der Waals surface area contributed by atoms with E-state index in [1.54, 1.807) is 0 Å². The smallest absolute Gasteiger partial charge is 0.193 e. The molecule has 0 atom stereocenters. The first kappa shape index (κ1) is 28.9. The fraction of sp³-hybridized carbons (Fsp3) is 0.312. The topological polar surface area (TPSA) is 125 Å². The van der Waals surface area contributed by atoms with Crippen LogP contribution in [0, 0.1) is 0 Å². The lowest BCUT2D eigenvalue weighted by Crippen LogP contribution is -2.24. The number of anilines is 2. The molecule has 8 nitrogen and oxygen atoms in total. The number of unbranched alkanes of at least 4 members (excludes halogenated alkanes) is 1. The quantitative estimate of drug-likeness (QED) is 0.0728. The van der Waals surface area contributed by atoms with Gasteiger partial charge in [-0.3, -0.25) is 9.98 Å². The van der Waals surface area contributed by atoms with E-state index in [0.717, 1.165) is 63.2 Å². The molecule has 0 bridgehead atoms. The molecule has 0 radical (unpaired) electrons. The number of nitrogens with one attached hydrogen (secondary N) is 4. The molecule has 0 aliphatic rings. The summed E-state index contributed by atoms with van der Waals surface area (Å²) in [4.78, 5) is 8.87. The van der Waals surface area contributed by atoms with Crippen molar-refractivity contribution in [3.63, 3.8) is 0 Å². The van der Waals surface area contributed by atoms with Crippen LogP contribution in [0.5, 0.6) is 0 Å². The summed E-state index contributed by atoms with van der Waals surface area (Å²) in [5.74, 6) is 0.909. The van der Waals surface area contributed by atoms with Gasteiger partial charge >= 0.3 is 0 Å². The predicted octanol–water partition coefficient (Wildman–Crippen LogP) is 4.89. The molecule has 8 N–H and O–H groups in total. The second-order valence-corrected chi connectivity index (χ2v) is 9.82. The third-order valence-corrected chi connectivity index (χ3v) is 6.59. The Morgan fingerprint density at radius 1 is 0.500 bits per heavy atom. The summed E-state index contributed by atoms with van der Waals surface area (Å²) >= 11 is 0. The van der Waals surface area contributed by atoms with Gasteiger partial charge in [-0.25, -0.2) is 0 Å². The Hall–Kier alpha value is -4.14. The predicted molar refractivity (Wildman–Crippen MR) is 172 cm³/mol. The molecule has 0 amide bonds. The average molecular weight is 539 g/mol. The minimum absolute atomic E-state index is 0.455. The summed E-state index contributed by atoms with van der Waals surface area (Å²) in [5, 5.41) is 18.1. The number of nitrogens with zero attached hydrogens (tertiary/aromatic N) is 2. The molecule has 40 heavy (non-hydrogen) atoms. The number of benzene rings is 4. The average Bonchev–Trinajstić information content (AvgIpc) is 2.97. The van der Waals surface area contributed by atoms with Crippen molar-refractivity contribution in [3.05, 3.63) is 84.9 Å². The Morgan fingerprint density at radius 2 is 0.900 bits per heavy atom. The zero-order valence-corrected chi connectivity index (χ0v) is 23.2. The highest BCUT2D eigenvalue weighted by atomic mass is 15.1. The van der Waals surface area contributed by atoms with Crippen molar-refractivity contribution in [2.75, 3.05) is 49.9 Å². The summed E-state index contributed by atoms with van der Waals surface area (Å²) in [6.45, 7) is 5.30. The molecule has 0 aliphatic heterocycles. The summed E-state index contributed by atoms with van der Waals surface area (Å²) in [7, 11) is 0. The van der Waals surface area contributed by atoms with Crippen molar-refractivity contribution in [1.29, 1.82) is 0 Å². The maximum Gasteiger partial charge on any atom is 0.193 e. The lowest BCUT2D eigenvalue weighted by molar-refractivity contribution is 0.570.